The molecule has 1 saturated heterocycles. The molecule has 1 aromatic carbocycles. The molecule has 0 spiro atoms. The molecule has 1 aromatic rings. The Hall–Kier alpha value is -1.79. The first kappa shape index (κ1) is 21.5. The number of hydrogen-bond acceptors (Lipinski definition) is 4. The normalized spacial score (nSPS) is 17.0. The zero-order valence-electron chi connectivity index (χ0n) is 17.7. The van der Waals surface area contributed by atoms with E-state index in [9.17, 15) is 0 Å². The van der Waals surface area contributed by atoms with Gasteiger partial charge in [0.05, 0.1) is 0 Å². The number of ether oxygens (including phenoxy) is 1. The third kappa shape index (κ3) is 7.77. The summed E-state index contributed by atoms with van der Waals surface area (Å²) in [4.78, 5) is 9.36. The Bertz CT molecular complexity index is 588. The highest BCUT2D eigenvalue weighted by atomic mass is 16.5. The van der Waals surface area contributed by atoms with Crippen LogP contribution in [0.1, 0.15) is 33.3 Å². The predicted molar refractivity (Wildman–Crippen MR) is 114 cm³/mol. The molecule has 0 radical (unpaired) electrons. The van der Waals surface area contributed by atoms with E-state index in [4.69, 9.17) is 4.74 Å². The van der Waals surface area contributed by atoms with Gasteiger partial charge in [-0.25, -0.2) is 0 Å². The van der Waals surface area contributed by atoms with Crippen LogP contribution >= 0.6 is 0 Å². The molecule has 0 atom stereocenters. The van der Waals surface area contributed by atoms with Crippen molar-refractivity contribution in [1.29, 1.82) is 0 Å². The Labute approximate surface area is 165 Å². The van der Waals surface area contributed by atoms with Gasteiger partial charge in [-0.05, 0) is 33.4 Å². The first-order valence-electron chi connectivity index (χ1n) is 10.1. The summed E-state index contributed by atoms with van der Waals surface area (Å²) >= 11 is 0. The Balaban J connectivity index is 1.76. The lowest BCUT2D eigenvalue weighted by atomic mass is 10.1. The number of nitrogens with one attached hydrogen (secondary N) is 2. The molecule has 1 aliphatic heterocycles. The van der Waals surface area contributed by atoms with Crippen LogP contribution in [-0.2, 0) is 6.54 Å². The van der Waals surface area contributed by atoms with Crippen LogP contribution in [0.25, 0.3) is 0 Å². The summed E-state index contributed by atoms with van der Waals surface area (Å²) in [6.45, 7) is 16.9. The maximum Gasteiger partial charge on any atom is 0.191 e. The molecular formula is C21H37N5O. The van der Waals surface area contributed by atoms with Crippen molar-refractivity contribution in [2.24, 2.45) is 4.99 Å². The molecule has 2 N–H and O–H groups in total. The number of nitrogens with zero attached hydrogens (tertiary/aromatic N) is 3. The van der Waals surface area contributed by atoms with Gasteiger partial charge in [0, 0.05) is 58.4 Å². The van der Waals surface area contributed by atoms with Crippen molar-refractivity contribution >= 4 is 5.96 Å². The number of aliphatic imine (C=N–C) groups is 1. The average Bonchev–Trinajstić information content (AvgIpc) is 2.65. The Morgan fingerprint density at radius 2 is 1.74 bits per heavy atom. The molecule has 0 bridgehead atoms. The van der Waals surface area contributed by atoms with Gasteiger partial charge in [-0.1, -0.05) is 25.1 Å². The van der Waals surface area contributed by atoms with Gasteiger partial charge < -0.3 is 20.3 Å². The second-order valence-electron chi connectivity index (χ2n) is 7.95. The molecule has 1 fully saturated rings. The standard InChI is InChI=1S/C21H37N5O/c1-6-25-13-15-26(16-14-25)12-11-23-20(22-5)24-17-18-9-7-8-10-19(18)27-21(2,3)4/h7-10H,6,11-17H2,1-5H3,(H2,22,23,24). The number of likely N-dealkylation sites (N-methyl/N-ethyl adjacent to an activating group) is 1. The van der Waals surface area contributed by atoms with Crippen molar-refractivity contribution in [3.63, 3.8) is 0 Å². The second kappa shape index (κ2) is 10.5. The molecule has 0 unspecified atom stereocenters. The van der Waals surface area contributed by atoms with Crippen molar-refractivity contribution in [2.75, 3.05) is 52.9 Å². The molecule has 0 amide bonds. The SMILES string of the molecule is CCN1CCN(CCNC(=NC)NCc2ccccc2OC(C)(C)C)CC1. The molecule has 6 heteroatoms. The van der Waals surface area contributed by atoms with E-state index in [-0.39, 0.29) is 5.60 Å². The van der Waals surface area contributed by atoms with Crippen LogP contribution < -0.4 is 15.4 Å². The van der Waals surface area contributed by atoms with Crippen LogP contribution in [-0.4, -0.2) is 74.2 Å². The van der Waals surface area contributed by atoms with Gasteiger partial charge in [-0.2, -0.15) is 0 Å². The summed E-state index contributed by atoms with van der Waals surface area (Å²) in [5.41, 5.74) is 0.920. The van der Waals surface area contributed by atoms with Gasteiger partial charge in [0.15, 0.2) is 5.96 Å². The monoisotopic (exact) mass is 375 g/mol. The van der Waals surface area contributed by atoms with Gasteiger partial charge in [0.2, 0.25) is 0 Å². The highest BCUT2D eigenvalue weighted by Crippen LogP contribution is 2.22. The van der Waals surface area contributed by atoms with Gasteiger partial charge in [-0.15, -0.1) is 0 Å². The van der Waals surface area contributed by atoms with Crippen LogP contribution in [0.5, 0.6) is 5.75 Å². The molecule has 152 valence electrons. The van der Waals surface area contributed by atoms with Crippen LogP contribution in [0.4, 0.5) is 0 Å². The third-order valence-electron chi connectivity index (χ3n) is 4.69. The zero-order chi connectivity index (χ0) is 19.7. The van der Waals surface area contributed by atoms with Crippen LogP contribution in [0.2, 0.25) is 0 Å². The molecule has 0 aliphatic carbocycles. The Morgan fingerprint density at radius 3 is 2.37 bits per heavy atom. The lowest BCUT2D eigenvalue weighted by molar-refractivity contribution is 0.129. The van der Waals surface area contributed by atoms with E-state index in [1.807, 2.05) is 25.2 Å². The molecule has 0 aromatic heterocycles. The van der Waals surface area contributed by atoms with E-state index < -0.39 is 0 Å². The smallest absolute Gasteiger partial charge is 0.191 e. The molecule has 2 rings (SSSR count). The van der Waals surface area contributed by atoms with Crippen molar-refractivity contribution in [1.82, 2.24) is 20.4 Å². The lowest BCUT2D eigenvalue weighted by Crippen LogP contribution is -2.49. The maximum absolute atomic E-state index is 6.07. The van der Waals surface area contributed by atoms with Crippen LogP contribution in [0.15, 0.2) is 29.3 Å². The molecule has 1 heterocycles. The minimum atomic E-state index is -0.210. The van der Waals surface area contributed by atoms with Gasteiger partial charge in [-0.3, -0.25) is 9.89 Å². The van der Waals surface area contributed by atoms with E-state index in [0.29, 0.717) is 6.54 Å². The number of benzene rings is 1. The molecule has 1 aliphatic rings. The van der Waals surface area contributed by atoms with E-state index >= 15 is 0 Å². The summed E-state index contributed by atoms with van der Waals surface area (Å²) in [5, 5.41) is 6.82. The number of para-hydroxylation sites is 1. The minimum Gasteiger partial charge on any atom is -0.488 e. The van der Waals surface area contributed by atoms with E-state index in [2.05, 4.69) is 59.2 Å². The van der Waals surface area contributed by atoms with Crippen molar-refractivity contribution < 1.29 is 4.74 Å². The first-order valence-corrected chi connectivity index (χ1v) is 10.1. The summed E-state index contributed by atoms with van der Waals surface area (Å²) in [5.74, 6) is 1.74. The Kier molecular flexibility index (Phi) is 8.38. The fourth-order valence-corrected chi connectivity index (χ4v) is 3.14. The highest BCUT2D eigenvalue weighted by molar-refractivity contribution is 5.79. The van der Waals surface area contributed by atoms with Crippen molar-refractivity contribution in [2.45, 2.75) is 39.8 Å². The topological polar surface area (TPSA) is 52.1 Å². The van der Waals surface area contributed by atoms with Gasteiger partial charge in [0.25, 0.3) is 0 Å². The molecular weight excluding hydrogens is 338 g/mol. The van der Waals surface area contributed by atoms with E-state index in [1.165, 1.54) is 13.1 Å². The first-order chi connectivity index (χ1) is 12.9. The molecule has 0 saturated carbocycles. The molecule has 27 heavy (non-hydrogen) atoms. The fourth-order valence-electron chi connectivity index (χ4n) is 3.14. The lowest BCUT2D eigenvalue weighted by Gasteiger charge is -2.34. The minimum absolute atomic E-state index is 0.210. The third-order valence-corrected chi connectivity index (χ3v) is 4.69. The van der Waals surface area contributed by atoms with Crippen molar-refractivity contribution in [3.05, 3.63) is 29.8 Å². The highest BCUT2D eigenvalue weighted by Gasteiger charge is 2.16. The quantitative estimate of drug-likeness (QED) is 0.565. The number of rotatable bonds is 7. The summed E-state index contributed by atoms with van der Waals surface area (Å²) in [6, 6.07) is 8.16. The van der Waals surface area contributed by atoms with Gasteiger partial charge in [0.1, 0.15) is 11.4 Å². The van der Waals surface area contributed by atoms with Gasteiger partial charge >= 0.3 is 0 Å². The summed E-state index contributed by atoms with van der Waals surface area (Å²) in [7, 11) is 1.81. The number of hydrogen-bond donors (Lipinski definition) is 2. The van der Waals surface area contributed by atoms with Crippen molar-refractivity contribution in [3.8, 4) is 5.75 Å². The summed E-state index contributed by atoms with van der Waals surface area (Å²) < 4.78 is 6.07. The number of piperazine rings is 1. The predicted octanol–water partition coefficient (Wildman–Crippen LogP) is 2.17. The maximum atomic E-state index is 6.07. The summed E-state index contributed by atoms with van der Waals surface area (Å²) in [6.07, 6.45) is 0. The number of guanidine groups is 1. The molecule has 6 nitrogen and oxygen atoms in total. The second-order valence-corrected chi connectivity index (χ2v) is 7.95. The largest absolute Gasteiger partial charge is 0.488 e. The average molecular weight is 376 g/mol. The fraction of sp³-hybridized carbons (Fsp3) is 0.667. The van der Waals surface area contributed by atoms with Crippen LogP contribution in [0.3, 0.4) is 0 Å². The van der Waals surface area contributed by atoms with Crippen LogP contribution in [0, 0.1) is 0 Å². The zero-order valence-corrected chi connectivity index (χ0v) is 17.7. The Morgan fingerprint density at radius 1 is 1.07 bits per heavy atom. The van der Waals surface area contributed by atoms with E-state index in [0.717, 1.165) is 50.0 Å². The van der Waals surface area contributed by atoms with E-state index in [1.54, 1.807) is 0 Å².